The van der Waals surface area contributed by atoms with Crippen LogP contribution in [0.5, 0.6) is 5.75 Å². The predicted octanol–water partition coefficient (Wildman–Crippen LogP) is 5.98. The summed E-state index contributed by atoms with van der Waals surface area (Å²) >= 11 is 19.3. The number of halogens is 3. The zero-order valence-electron chi connectivity index (χ0n) is 19.8. The zero-order valence-corrected chi connectivity index (χ0v) is 22.1. The molecule has 3 aromatic carbocycles. The van der Waals surface area contributed by atoms with Gasteiger partial charge in [0.05, 0.1) is 50.4 Å². The summed E-state index contributed by atoms with van der Waals surface area (Å²) in [7, 11) is 1.55. The molecule has 5 rings (SSSR count). The van der Waals surface area contributed by atoms with Gasteiger partial charge in [-0.25, -0.2) is 14.6 Å². The molecule has 0 fully saturated rings. The molecule has 37 heavy (non-hydrogen) atoms. The number of aromatic nitrogens is 5. The molecule has 2 heterocycles. The highest BCUT2D eigenvalue weighted by molar-refractivity contribution is 6.40. The van der Waals surface area contributed by atoms with Gasteiger partial charge >= 0.3 is 0 Å². The number of ether oxygens (including phenoxy) is 1. The Labute approximate surface area is 227 Å². The van der Waals surface area contributed by atoms with E-state index in [9.17, 15) is 4.79 Å². The van der Waals surface area contributed by atoms with Gasteiger partial charge in [0, 0.05) is 12.6 Å². The summed E-state index contributed by atoms with van der Waals surface area (Å²) in [5.74, 6) is 1.12. The second-order valence-corrected chi connectivity index (χ2v) is 9.54. The summed E-state index contributed by atoms with van der Waals surface area (Å²) in [4.78, 5) is 25.4. The maximum Gasteiger partial charge on any atom is 0.254 e. The van der Waals surface area contributed by atoms with E-state index in [-0.39, 0.29) is 28.1 Å². The predicted molar refractivity (Wildman–Crippen MR) is 144 cm³/mol. The summed E-state index contributed by atoms with van der Waals surface area (Å²) in [5, 5.41) is 8.11. The molecule has 0 saturated carbocycles. The topological polar surface area (TPSA) is 97.7 Å². The Morgan fingerprint density at radius 1 is 1.08 bits per heavy atom. The van der Waals surface area contributed by atoms with Gasteiger partial charge < -0.3 is 15.0 Å². The van der Waals surface area contributed by atoms with Gasteiger partial charge in [0.25, 0.3) is 5.91 Å². The van der Waals surface area contributed by atoms with E-state index in [0.29, 0.717) is 33.6 Å². The molecular weight excluding hydrogens is 535 g/mol. The Hall–Kier alpha value is -3.59. The zero-order chi connectivity index (χ0) is 26.1. The van der Waals surface area contributed by atoms with Crippen molar-refractivity contribution in [2.45, 2.75) is 12.8 Å². The Morgan fingerprint density at radius 2 is 1.81 bits per heavy atom. The minimum Gasteiger partial charge on any atom is -0.495 e. The molecule has 0 aliphatic heterocycles. The van der Waals surface area contributed by atoms with Crippen molar-refractivity contribution in [1.82, 2.24) is 30.0 Å². The first-order valence-corrected chi connectivity index (χ1v) is 12.4. The second kappa shape index (κ2) is 10.4. The number of carbonyl (C=O) groups excluding carboxylic acids is 1. The largest absolute Gasteiger partial charge is 0.495 e. The number of hydrogen-bond acceptors (Lipinski definition) is 5. The first-order chi connectivity index (χ1) is 17.8. The summed E-state index contributed by atoms with van der Waals surface area (Å²) in [6.07, 6.45) is 1.55. The number of rotatable bonds is 7. The lowest BCUT2D eigenvalue weighted by Crippen LogP contribution is -2.30. The number of nitrogens with zero attached hydrogens (tertiary/aromatic N) is 4. The quantitative estimate of drug-likeness (QED) is 0.257. The average Bonchev–Trinajstić information content (AvgIpc) is 3.49. The van der Waals surface area contributed by atoms with Crippen LogP contribution in [-0.4, -0.2) is 44.3 Å². The molecular formula is C26H21Cl3N6O2. The number of H-pyrrole nitrogens is 1. The Kier molecular flexibility index (Phi) is 7.06. The van der Waals surface area contributed by atoms with E-state index in [1.54, 1.807) is 49.3 Å². The van der Waals surface area contributed by atoms with Crippen LogP contribution in [0.25, 0.3) is 16.7 Å². The van der Waals surface area contributed by atoms with Crippen molar-refractivity contribution in [3.63, 3.8) is 0 Å². The maximum atomic E-state index is 13.2. The van der Waals surface area contributed by atoms with Crippen molar-refractivity contribution < 1.29 is 9.53 Å². The van der Waals surface area contributed by atoms with E-state index in [4.69, 9.17) is 44.5 Å². The van der Waals surface area contributed by atoms with Gasteiger partial charge in [0.1, 0.15) is 23.7 Å². The average molecular weight is 556 g/mol. The van der Waals surface area contributed by atoms with E-state index >= 15 is 0 Å². The summed E-state index contributed by atoms with van der Waals surface area (Å²) in [6.45, 7) is 2.02. The minimum absolute atomic E-state index is 0.178. The first-order valence-electron chi connectivity index (χ1n) is 11.3. The third kappa shape index (κ3) is 5.13. The number of aryl methyl sites for hydroxylation is 1. The fourth-order valence-corrected chi connectivity index (χ4v) is 4.96. The molecule has 8 nitrogen and oxygen atoms in total. The summed E-state index contributed by atoms with van der Waals surface area (Å²) in [6, 6.07) is 16.6. The Balaban J connectivity index is 1.43. The van der Waals surface area contributed by atoms with Crippen LogP contribution in [0, 0.1) is 6.92 Å². The normalized spacial score (nSPS) is 12.0. The van der Waals surface area contributed by atoms with Gasteiger partial charge in [-0.15, -0.1) is 0 Å². The van der Waals surface area contributed by atoms with Gasteiger partial charge in [-0.1, -0.05) is 65.1 Å². The summed E-state index contributed by atoms with van der Waals surface area (Å²) < 4.78 is 6.86. The fourth-order valence-electron chi connectivity index (χ4n) is 4.07. The smallest absolute Gasteiger partial charge is 0.254 e. The molecule has 0 aliphatic carbocycles. The number of amides is 1. The molecule has 5 aromatic rings. The van der Waals surface area contributed by atoms with Crippen LogP contribution in [0.2, 0.25) is 15.1 Å². The van der Waals surface area contributed by atoms with Crippen LogP contribution in [0.3, 0.4) is 0 Å². The molecule has 0 unspecified atom stereocenters. The van der Waals surface area contributed by atoms with Crippen LogP contribution in [0.1, 0.15) is 33.5 Å². The number of nitrogens with one attached hydrogen (secondary N) is 2. The van der Waals surface area contributed by atoms with Crippen LogP contribution in [-0.2, 0) is 0 Å². The van der Waals surface area contributed by atoms with Crippen molar-refractivity contribution >= 4 is 51.7 Å². The molecule has 1 amide bonds. The molecule has 188 valence electrons. The Bertz CT molecular complexity index is 1580. The fraction of sp³-hybridized carbons (Fsp3) is 0.154. The number of aromatic amines is 1. The van der Waals surface area contributed by atoms with Gasteiger partial charge in [0.15, 0.2) is 0 Å². The number of methoxy groups -OCH3 is 1. The third-order valence-electron chi connectivity index (χ3n) is 5.90. The van der Waals surface area contributed by atoms with Gasteiger partial charge in [-0.3, -0.25) is 4.79 Å². The molecule has 2 N–H and O–H groups in total. The first kappa shape index (κ1) is 25.1. The molecule has 2 aromatic heterocycles. The second-order valence-electron chi connectivity index (χ2n) is 8.32. The SMILES string of the molecule is COc1cc2nc([C@@H](CNC(=O)c3c(Cl)cc(-n4cnc(C)n4)cc3Cl)c3ccccc3)[nH]c2cc1Cl. The number of carbonyl (C=O) groups is 1. The molecule has 1 atom stereocenters. The molecule has 0 radical (unpaired) electrons. The van der Waals surface area contributed by atoms with Crippen LogP contribution in [0.15, 0.2) is 60.9 Å². The van der Waals surface area contributed by atoms with E-state index in [2.05, 4.69) is 20.4 Å². The van der Waals surface area contributed by atoms with E-state index in [1.165, 1.54) is 0 Å². The molecule has 0 aliphatic rings. The van der Waals surface area contributed by atoms with E-state index < -0.39 is 5.91 Å². The van der Waals surface area contributed by atoms with E-state index in [1.807, 2.05) is 30.3 Å². The van der Waals surface area contributed by atoms with E-state index in [0.717, 1.165) is 11.1 Å². The molecule has 0 saturated heterocycles. The lowest BCUT2D eigenvalue weighted by atomic mass is 9.98. The van der Waals surface area contributed by atoms with Gasteiger partial charge in [-0.2, -0.15) is 5.10 Å². The van der Waals surface area contributed by atoms with Crippen molar-refractivity contribution in [3.05, 3.63) is 98.8 Å². The van der Waals surface area contributed by atoms with Crippen LogP contribution < -0.4 is 10.1 Å². The lowest BCUT2D eigenvalue weighted by Gasteiger charge is -2.17. The number of benzene rings is 3. The van der Waals surface area contributed by atoms with Crippen molar-refractivity contribution in [3.8, 4) is 11.4 Å². The standard InChI is InChI=1S/C26H21Cl3N6O2/c1-14-31-13-35(34-14)16-8-19(28)24(20(29)9-16)26(36)30-12-17(15-6-4-3-5-7-15)25-32-21-10-18(27)23(37-2)11-22(21)33-25/h3-11,13,17H,12H2,1-2H3,(H,30,36)(H,32,33)/t17-/m0/s1. The number of fused-ring (bicyclic) bond motifs is 1. The van der Waals surface area contributed by atoms with Gasteiger partial charge in [-0.05, 0) is 30.7 Å². The lowest BCUT2D eigenvalue weighted by molar-refractivity contribution is 0.0952. The maximum absolute atomic E-state index is 13.2. The minimum atomic E-state index is -0.405. The monoisotopic (exact) mass is 554 g/mol. The van der Waals surface area contributed by atoms with Crippen molar-refractivity contribution in [2.24, 2.45) is 0 Å². The number of imidazole rings is 1. The van der Waals surface area contributed by atoms with Crippen molar-refractivity contribution in [1.29, 1.82) is 0 Å². The van der Waals surface area contributed by atoms with Crippen LogP contribution in [0.4, 0.5) is 0 Å². The highest BCUT2D eigenvalue weighted by atomic mass is 35.5. The van der Waals surface area contributed by atoms with Crippen molar-refractivity contribution in [2.75, 3.05) is 13.7 Å². The van der Waals surface area contributed by atoms with Gasteiger partial charge in [0.2, 0.25) is 0 Å². The van der Waals surface area contributed by atoms with Crippen LogP contribution >= 0.6 is 34.8 Å². The summed E-state index contributed by atoms with van der Waals surface area (Å²) in [5.41, 5.74) is 3.21. The third-order valence-corrected chi connectivity index (χ3v) is 6.79. The molecule has 0 spiro atoms. The number of hydrogen-bond donors (Lipinski definition) is 2. The Morgan fingerprint density at radius 3 is 2.46 bits per heavy atom. The molecule has 11 heteroatoms. The molecule has 0 bridgehead atoms. The highest BCUT2D eigenvalue weighted by Gasteiger charge is 2.23. The highest BCUT2D eigenvalue weighted by Crippen LogP contribution is 2.32.